The lowest BCUT2D eigenvalue weighted by Crippen LogP contribution is -2.06. The summed E-state index contributed by atoms with van der Waals surface area (Å²) in [5.74, 6) is 0.775. The second-order valence-corrected chi connectivity index (χ2v) is 3.77. The first-order valence-corrected chi connectivity index (χ1v) is 5.40. The molecular weight excluding hydrogens is 218 g/mol. The molecule has 0 spiro atoms. The summed E-state index contributed by atoms with van der Waals surface area (Å²) < 4.78 is 6.99. The van der Waals surface area contributed by atoms with Crippen molar-refractivity contribution in [2.45, 2.75) is 13.5 Å². The first-order chi connectivity index (χ1) is 8.26. The van der Waals surface area contributed by atoms with Crippen molar-refractivity contribution < 1.29 is 9.84 Å². The van der Waals surface area contributed by atoms with E-state index in [-0.39, 0.29) is 6.61 Å². The van der Waals surface area contributed by atoms with Crippen LogP contribution in [0.15, 0.2) is 24.4 Å². The Labute approximate surface area is 99.7 Å². The average Bonchev–Trinajstić information content (AvgIpc) is 2.77. The molecular formula is C12H15N3O2. The second-order valence-electron chi connectivity index (χ2n) is 3.77. The lowest BCUT2D eigenvalue weighted by Gasteiger charge is -2.10. The van der Waals surface area contributed by atoms with E-state index < -0.39 is 0 Å². The summed E-state index contributed by atoms with van der Waals surface area (Å²) in [5, 5.41) is 16.8. The molecule has 0 aliphatic carbocycles. The van der Waals surface area contributed by atoms with Crippen molar-refractivity contribution in [1.29, 1.82) is 0 Å². The molecule has 0 fully saturated rings. The molecule has 0 radical (unpaired) electrons. The summed E-state index contributed by atoms with van der Waals surface area (Å²) in [7, 11) is 1.63. The van der Waals surface area contributed by atoms with Crippen LogP contribution in [0.3, 0.4) is 0 Å². The Morgan fingerprint density at radius 3 is 2.94 bits per heavy atom. The van der Waals surface area contributed by atoms with Gasteiger partial charge in [0.2, 0.25) is 0 Å². The van der Waals surface area contributed by atoms with Crippen molar-refractivity contribution in [1.82, 2.24) is 15.0 Å². The van der Waals surface area contributed by atoms with Crippen LogP contribution in [-0.4, -0.2) is 33.8 Å². The Bertz CT molecular complexity index is 508. The van der Waals surface area contributed by atoms with E-state index in [0.717, 1.165) is 22.6 Å². The predicted molar refractivity (Wildman–Crippen MR) is 63.8 cm³/mol. The zero-order valence-corrected chi connectivity index (χ0v) is 9.92. The van der Waals surface area contributed by atoms with Gasteiger partial charge in [0.1, 0.15) is 5.75 Å². The minimum atomic E-state index is 0.0322. The predicted octanol–water partition coefficient (Wildman–Crippen LogP) is 1.25. The Balaban J connectivity index is 2.51. The van der Waals surface area contributed by atoms with Crippen LogP contribution in [0.4, 0.5) is 0 Å². The van der Waals surface area contributed by atoms with Crippen molar-refractivity contribution in [2.24, 2.45) is 0 Å². The minimum absolute atomic E-state index is 0.0322. The SMILES string of the molecule is COc1ccc(C)cc1-c1cnnn1CCO. The van der Waals surface area contributed by atoms with Crippen molar-refractivity contribution in [3.8, 4) is 17.0 Å². The number of hydrogen-bond donors (Lipinski definition) is 1. The summed E-state index contributed by atoms with van der Waals surface area (Å²) >= 11 is 0. The number of aliphatic hydroxyl groups is 1. The van der Waals surface area contributed by atoms with Gasteiger partial charge in [0, 0.05) is 5.56 Å². The Hall–Kier alpha value is -1.88. The highest BCUT2D eigenvalue weighted by Crippen LogP contribution is 2.29. The number of hydrogen-bond acceptors (Lipinski definition) is 4. The maximum Gasteiger partial charge on any atom is 0.128 e. The first kappa shape index (κ1) is 11.6. The molecule has 1 heterocycles. The molecule has 2 rings (SSSR count). The van der Waals surface area contributed by atoms with Gasteiger partial charge in [0.25, 0.3) is 0 Å². The fourth-order valence-electron chi connectivity index (χ4n) is 1.75. The van der Waals surface area contributed by atoms with E-state index in [2.05, 4.69) is 10.3 Å². The van der Waals surface area contributed by atoms with Gasteiger partial charge in [0.05, 0.1) is 32.2 Å². The Kier molecular flexibility index (Phi) is 3.39. The zero-order chi connectivity index (χ0) is 12.3. The third kappa shape index (κ3) is 2.29. The molecule has 1 N–H and O–H groups in total. The summed E-state index contributed by atoms with van der Waals surface area (Å²) in [4.78, 5) is 0. The number of aryl methyl sites for hydroxylation is 1. The third-order valence-electron chi connectivity index (χ3n) is 2.56. The molecule has 0 saturated heterocycles. The molecule has 2 aromatic rings. The molecule has 0 atom stereocenters. The molecule has 0 bridgehead atoms. The molecule has 90 valence electrons. The van der Waals surface area contributed by atoms with Gasteiger partial charge < -0.3 is 9.84 Å². The standard InChI is InChI=1S/C12H15N3O2/c1-9-3-4-12(17-2)10(7-9)11-8-13-14-15(11)5-6-16/h3-4,7-8,16H,5-6H2,1-2H3. The molecule has 5 nitrogen and oxygen atoms in total. The van der Waals surface area contributed by atoms with Crippen molar-refractivity contribution in [3.63, 3.8) is 0 Å². The molecule has 0 saturated carbocycles. The van der Waals surface area contributed by atoms with Gasteiger partial charge in [-0.15, -0.1) is 5.10 Å². The summed E-state index contributed by atoms with van der Waals surface area (Å²) in [6, 6.07) is 5.93. The molecule has 1 aromatic heterocycles. The van der Waals surface area contributed by atoms with E-state index in [0.29, 0.717) is 6.54 Å². The molecule has 1 aromatic carbocycles. The van der Waals surface area contributed by atoms with Crippen molar-refractivity contribution in [2.75, 3.05) is 13.7 Å². The Morgan fingerprint density at radius 1 is 1.41 bits per heavy atom. The number of aromatic nitrogens is 3. The van der Waals surface area contributed by atoms with Crippen molar-refractivity contribution >= 4 is 0 Å². The Morgan fingerprint density at radius 2 is 2.24 bits per heavy atom. The van der Waals surface area contributed by atoms with Crippen LogP contribution < -0.4 is 4.74 Å². The second kappa shape index (κ2) is 4.97. The zero-order valence-electron chi connectivity index (χ0n) is 9.92. The number of benzene rings is 1. The number of nitrogens with zero attached hydrogens (tertiary/aromatic N) is 3. The third-order valence-corrected chi connectivity index (χ3v) is 2.56. The van der Waals surface area contributed by atoms with Gasteiger partial charge >= 0.3 is 0 Å². The van der Waals surface area contributed by atoms with Crippen LogP contribution in [0.1, 0.15) is 5.56 Å². The highest BCUT2D eigenvalue weighted by atomic mass is 16.5. The summed E-state index contributed by atoms with van der Waals surface area (Å²) in [6.45, 7) is 2.47. The van der Waals surface area contributed by atoms with Gasteiger partial charge in [-0.05, 0) is 19.1 Å². The van der Waals surface area contributed by atoms with Crippen LogP contribution in [0.25, 0.3) is 11.3 Å². The fraction of sp³-hybridized carbons (Fsp3) is 0.333. The molecule has 5 heteroatoms. The molecule has 0 aliphatic rings. The van der Waals surface area contributed by atoms with Crippen LogP contribution in [0.5, 0.6) is 5.75 Å². The topological polar surface area (TPSA) is 60.2 Å². The maximum atomic E-state index is 8.97. The lowest BCUT2D eigenvalue weighted by molar-refractivity contribution is 0.268. The maximum absolute atomic E-state index is 8.97. The fourth-order valence-corrected chi connectivity index (χ4v) is 1.75. The molecule has 0 amide bonds. The van der Waals surface area contributed by atoms with Gasteiger partial charge in [-0.25, -0.2) is 4.68 Å². The quantitative estimate of drug-likeness (QED) is 0.863. The smallest absolute Gasteiger partial charge is 0.128 e. The van der Waals surface area contributed by atoms with Crippen LogP contribution >= 0.6 is 0 Å². The normalized spacial score (nSPS) is 10.5. The van der Waals surface area contributed by atoms with E-state index in [1.807, 2.05) is 25.1 Å². The molecule has 17 heavy (non-hydrogen) atoms. The van der Waals surface area contributed by atoms with Gasteiger partial charge in [0.15, 0.2) is 0 Å². The molecule has 0 unspecified atom stereocenters. The van der Waals surface area contributed by atoms with Gasteiger partial charge in [-0.2, -0.15) is 0 Å². The summed E-state index contributed by atoms with van der Waals surface area (Å²) in [5.41, 5.74) is 2.92. The minimum Gasteiger partial charge on any atom is -0.496 e. The molecule has 0 aliphatic heterocycles. The average molecular weight is 233 g/mol. The van der Waals surface area contributed by atoms with E-state index >= 15 is 0 Å². The lowest BCUT2D eigenvalue weighted by atomic mass is 10.1. The van der Waals surface area contributed by atoms with Crippen LogP contribution in [0, 0.1) is 6.92 Å². The van der Waals surface area contributed by atoms with E-state index in [9.17, 15) is 0 Å². The van der Waals surface area contributed by atoms with Gasteiger partial charge in [-0.1, -0.05) is 16.8 Å². The van der Waals surface area contributed by atoms with Crippen LogP contribution in [0.2, 0.25) is 0 Å². The van der Waals surface area contributed by atoms with Crippen molar-refractivity contribution in [3.05, 3.63) is 30.0 Å². The van der Waals surface area contributed by atoms with E-state index in [4.69, 9.17) is 9.84 Å². The van der Waals surface area contributed by atoms with Crippen LogP contribution in [-0.2, 0) is 6.54 Å². The number of ether oxygens (including phenoxy) is 1. The van der Waals surface area contributed by atoms with Gasteiger partial charge in [-0.3, -0.25) is 0 Å². The van der Waals surface area contributed by atoms with E-state index in [1.165, 1.54) is 0 Å². The first-order valence-electron chi connectivity index (χ1n) is 5.40. The number of methoxy groups -OCH3 is 1. The number of rotatable bonds is 4. The summed E-state index contributed by atoms with van der Waals surface area (Å²) in [6.07, 6.45) is 1.67. The monoisotopic (exact) mass is 233 g/mol. The highest BCUT2D eigenvalue weighted by molar-refractivity contribution is 5.67. The highest BCUT2D eigenvalue weighted by Gasteiger charge is 2.11. The number of aliphatic hydroxyl groups excluding tert-OH is 1. The largest absolute Gasteiger partial charge is 0.496 e. The van der Waals surface area contributed by atoms with E-state index in [1.54, 1.807) is 18.0 Å².